The fourth-order valence-electron chi connectivity index (χ4n) is 7.33. The number of methoxy groups -OCH3 is 1. The van der Waals surface area contributed by atoms with Crippen LogP contribution in [0.4, 0.5) is 0 Å². The highest BCUT2D eigenvalue weighted by molar-refractivity contribution is 6.08. The lowest BCUT2D eigenvalue weighted by molar-refractivity contribution is -0.132. The number of piperazine rings is 1. The van der Waals surface area contributed by atoms with E-state index in [1.165, 1.54) is 21.0 Å². The Morgan fingerprint density at radius 3 is 2.52 bits per heavy atom. The topological polar surface area (TPSA) is 151 Å². The number of esters is 1. The molecule has 4 aliphatic heterocycles. The Morgan fingerprint density at radius 2 is 1.88 bits per heavy atom. The third-order valence-corrected chi connectivity index (χ3v) is 8.93. The smallest absolute Gasteiger partial charge is 0.308 e. The summed E-state index contributed by atoms with van der Waals surface area (Å²) in [6, 6.07) is 0.860. The van der Waals surface area contributed by atoms with Crippen molar-refractivity contribution in [2.75, 3.05) is 27.5 Å². The van der Waals surface area contributed by atoms with Crippen molar-refractivity contribution in [3.8, 4) is 34.8 Å². The van der Waals surface area contributed by atoms with Crippen molar-refractivity contribution >= 4 is 17.7 Å². The zero-order chi connectivity index (χ0) is 30.2. The number of benzene rings is 2. The zero-order valence-electron chi connectivity index (χ0n) is 24.2. The van der Waals surface area contributed by atoms with Crippen molar-refractivity contribution in [1.82, 2.24) is 15.1 Å². The van der Waals surface area contributed by atoms with Crippen molar-refractivity contribution in [2.24, 2.45) is 0 Å². The number of aromatic hydroxyl groups is 1. The molecule has 6 rings (SSSR count). The molecule has 0 spiro atoms. The monoisotopic (exact) mass is 576 g/mol. The van der Waals surface area contributed by atoms with Gasteiger partial charge < -0.3 is 29.4 Å². The number of rotatable bonds is 4. The normalized spacial score (nSPS) is 25.5. The molecule has 42 heavy (non-hydrogen) atoms. The predicted molar refractivity (Wildman–Crippen MR) is 147 cm³/mol. The fraction of sp³-hybridized carbons (Fsp3) is 0.467. The van der Waals surface area contributed by atoms with Crippen LogP contribution in [0.3, 0.4) is 0 Å². The second-order valence-corrected chi connectivity index (χ2v) is 11.2. The van der Waals surface area contributed by atoms with E-state index < -0.39 is 35.9 Å². The summed E-state index contributed by atoms with van der Waals surface area (Å²) in [5, 5.41) is 25.0. The molecule has 2 aromatic carbocycles. The lowest BCUT2D eigenvalue weighted by Crippen LogP contribution is -2.70. The van der Waals surface area contributed by atoms with Gasteiger partial charge in [0.25, 0.3) is 0 Å². The summed E-state index contributed by atoms with van der Waals surface area (Å²) >= 11 is 0. The molecule has 4 heterocycles. The highest BCUT2D eigenvalue weighted by Gasteiger charge is 2.60. The van der Waals surface area contributed by atoms with E-state index in [1.807, 2.05) is 29.8 Å². The van der Waals surface area contributed by atoms with E-state index >= 15 is 0 Å². The minimum Gasteiger partial charge on any atom is -0.504 e. The summed E-state index contributed by atoms with van der Waals surface area (Å²) in [4.78, 5) is 43.2. The van der Waals surface area contributed by atoms with Gasteiger partial charge in [-0.3, -0.25) is 24.2 Å². The summed E-state index contributed by atoms with van der Waals surface area (Å²) in [5.74, 6) is -0.341. The maximum atomic E-state index is 14.9. The first-order chi connectivity index (χ1) is 20.0. The SMILES string of the molecule is COc1c(C)cc2c(c1O)[C@H]1[C@H]3C(=O)c4c(OC(C)=O)c(C)c5c(c4[C@H](CNC(C)=O)N3[C@@H](C#N)[C@H](C2)N1C)OCO5. The van der Waals surface area contributed by atoms with Crippen LogP contribution in [0.2, 0.25) is 0 Å². The summed E-state index contributed by atoms with van der Waals surface area (Å²) in [7, 11) is 3.32. The first-order valence-electron chi connectivity index (χ1n) is 13.7. The van der Waals surface area contributed by atoms with Crippen LogP contribution in [0.15, 0.2) is 6.07 Å². The van der Waals surface area contributed by atoms with Crippen LogP contribution < -0.4 is 24.3 Å². The number of nitrogens with one attached hydrogen (secondary N) is 1. The number of phenolic OH excluding ortho intramolecular Hbond substituents is 1. The van der Waals surface area contributed by atoms with Crippen molar-refractivity contribution in [3.63, 3.8) is 0 Å². The van der Waals surface area contributed by atoms with E-state index in [0.717, 1.165) is 11.1 Å². The van der Waals surface area contributed by atoms with Gasteiger partial charge in [-0.15, -0.1) is 0 Å². The molecule has 1 saturated heterocycles. The average Bonchev–Trinajstić information content (AvgIpc) is 3.41. The minimum absolute atomic E-state index is 0.0435. The largest absolute Gasteiger partial charge is 0.504 e. The fourth-order valence-corrected chi connectivity index (χ4v) is 7.33. The maximum absolute atomic E-state index is 14.9. The predicted octanol–water partition coefficient (Wildman–Crippen LogP) is 2.22. The van der Waals surface area contributed by atoms with Gasteiger partial charge >= 0.3 is 5.97 Å². The first-order valence-corrected chi connectivity index (χ1v) is 13.7. The number of nitriles is 1. The number of ketones is 1. The molecule has 0 aromatic heterocycles. The highest BCUT2D eigenvalue weighted by atomic mass is 16.7. The summed E-state index contributed by atoms with van der Waals surface area (Å²) in [6.45, 7) is 6.10. The van der Waals surface area contributed by atoms with Crippen molar-refractivity contribution in [1.29, 1.82) is 5.26 Å². The van der Waals surface area contributed by atoms with Gasteiger partial charge in [0, 0.05) is 43.1 Å². The molecule has 0 aliphatic carbocycles. The van der Waals surface area contributed by atoms with E-state index in [4.69, 9.17) is 18.9 Å². The van der Waals surface area contributed by atoms with Crippen LogP contribution in [0.25, 0.3) is 0 Å². The molecule has 12 heteroatoms. The Labute approximate surface area is 242 Å². The second kappa shape index (κ2) is 9.89. The van der Waals surface area contributed by atoms with Crippen LogP contribution in [0.5, 0.6) is 28.7 Å². The lowest BCUT2D eigenvalue weighted by atomic mass is 9.71. The van der Waals surface area contributed by atoms with Gasteiger partial charge in [-0.05, 0) is 38.4 Å². The number of ether oxygens (including phenoxy) is 4. The number of fused-ring (bicyclic) bond motifs is 9. The molecule has 2 N–H and O–H groups in total. The third kappa shape index (κ3) is 3.77. The number of phenols is 1. The molecule has 0 radical (unpaired) electrons. The quantitative estimate of drug-likeness (QED) is 0.407. The van der Waals surface area contributed by atoms with Crippen LogP contribution in [0.1, 0.15) is 64.1 Å². The Balaban J connectivity index is 1.67. The summed E-state index contributed by atoms with van der Waals surface area (Å²) in [6.07, 6.45) is 0.445. The molecule has 4 aliphatic rings. The van der Waals surface area contributed by atoms with Crippen molar-refractivity contribution in [3.05, 3.63) is 39.4 Å². The zero-order valence-corrected chi connectivity index (χ0v) is 24.2. The van der Waals surface area contributed by atoms with E-state index in [1.54, 1.807) is 6.92 Å². The standard InChI is InChI=1S/C30H32N4O8/c1-12-7-16-8-17-18(9-31)34-19(10-32-14(3)35)21-22(28(42-15(4)36)13(2)29-30(21)41-11-40-29)25(37)24(34)23(33(17)5)20(16)26(38)27(12)39-6/h7,17-19,23-24,38H,8,10-11H2,1-6H3,(H,32,35)/t17-,18-,19-,23-,24-/m0/s1. The third-order valence-electron chi connectivity index (χ3n) is 8.93. The van der Waals surface area contributed by atoms with Gasteiger partial charge in [0.15, 0.2) is 28.8 Å². The molecule has 12 nitrogen and oxygen atoms in total. The number of hydrogen-bond donors (Lipinski definition) is 2. The van der Waals surface area contributed by atoms with Crippen LogP contribution >= 0.6 is 0 Å². The number of hydrogen-bond acceptors (Lipinski definition) is 11. The molecule has 1 fully saturated rings. The van der Waals surface area contributed by atoms with E-state index in [9.17, 15) is 24.8 Å². The number of likely N-dealkylation sites (N-methyl/N-ethyl adjacent to an activating group) is 1. The Kier molecular flexibility index (Phi) is 6.55. The molecule has 2 bridgehead atoms. The first kappa shape index (κ1) is 27.8. The average molecular weight is 577 g/mol. The molecule has 0 saturated carbocycles. The Morgan fingerprint density at radius 1 is 1.17 bits per heavy atom. The molecule has 220 valence electrons. The number of amides is 1. The van der Waals surface area contributed by atoms with Crippen LogP contribution in [0, 0.1) is 25.2 Å². The highest BCUT2D eigenvalue weighted by Crippen LogP contribution is 2.58. The number of aryl methyl sites for hydroxylation is 1. The minimum atomic E-state index is -0.992. The van der Waals surface area contributed by atoms with E-state index in [2.05, 4.69) is 11.4 Å². The molecular formula is C30H32N4O8. The van der Waals surface area contributed by atoms with E-state index in [-0.39, 0.29) is 42.3 Å². The number of Topliss-reactive ketones (excluding diaryl/α,β-unsaturated/α-hetero) is 1. The molecular weight excluding hydrogens is 544 g/mol. The van der Waals surface area contributed by atoms with Gasteiger partial charge in [-0.2, -0.15) is 5.26 Å². The summed E-state index contributed by atoms with van der Waals surface area (Å²) < 4.78 is 22.9. The van der Waals surface area contributed by atoms with E-state index in [0.29, 0.717) is 40.4 Å². The summed E-state index contributed by atoms with van der Waals surface area (Å²) in [5.41, 5.74) is 3.08. The Hall–Kier alpha value is -4.34. The van der Waals surface area contributed by atoms with Crippen LogP contribution in [-0.2, 0) is 16.0 Å². The van der Waals surface area contributed by atoms with Crippen molar-refractivity contribution in [2.45, 2.75) is 64.3 Å². The number of carbonyl (C=O) groups excluding carboxylic acids is 3. The van der Waals surface area contributed by atoms with Gasteiger partial charge in [0.1, 0.15) is 11.8 Å². The molecule has 2 aromatic rings. The number of carbonyl (C=O) groups is 3. The second-order valence-electron chi connectivity index (χ2n) is 11.2. The van der Waals surface area contributed by atoms with Crippen molar-refractivity contribution < 1.29 is 38.4 Å². The van der Waals surface area contributed by atoms with Gasteiger partial charge in [-0.25, -0.2) is 0 Å². The van der Waals surface area contributed by atoms with Gasteiger partial charge in [0.05, 0.1) is 36.9 Å². The molecule has 1 amide bonds. The lowest BCUT2D eigenvalue weighted by Gasteiger charge is -2.59. The maximum Gasteiger partial charge on any atom is 0.308 e. The van der Waals surface area contributed by atoms with Crippen LogP contribution in [-0.4, -0.2) is 78.2 Å². The van der Waals surface area contributed by atoms with Gasteiger partial charge in [0.2, 0.25) is 12.7 Å². The number of nitrogens with zero attached hydrogens (tertiary/aromatic N) is 3. The molecule has 0 unspecified atom stereocenters. The van der Waals surface area contributed by atoms with Gasteiger partial charge in [-0.1, -0.05) is 6.07 Å². The molecule has 5 atom stereocenters. The Bertz CT molecular complexity index is 1600.